The highest BCUT2D eigenvalue weighted by atomic mass is 16.5. The second kappa shape index (κ2) is 4.28. The van der Waals surface area contributed by atoms with E-state index in [4.69, 9.17) is 10.2 Å². The van der Waals surface area contributed by atoms with Gasteiger partial charge in [-0.3, -0.25) is 4.90 Å². The average Bonchev–Trinajstić information content (AvgIpc) is 2.60. The molecular weight excluding hydrogens is 190 g/mol. The number of carboxylic acid groups (broad SMARTS) is 1. The van der Waals surface area contributed by atoms with Gasteiger partial charge in [-0.15, -0.1) is 0 Å². The summed E-state index contributed by atoms with van der Waals surface area (Å²) in [5, 5.41) is 17.7. The predicted molar refractivity (Wildman–Crippen MR) is 45.7 cm³/mol. The van der Waals surface area contributed by atoms with Crippen LogP contribution in [0.15, 0.2) is 0 Å². The van der Waals surface area contributed by atoms with Gasteiger partial charge in [-0.05, 0) is 6.42 Å². The number of aliphatic carboxylic acids is 1. The Morgan fingerprint density at radius 1 is 1.57 bits per heavy atom. The first-order chi connectivity index (χ1) is 6.60. The van der Waals surface area contributed by atoms with Gasteiger partial charge >= 0.3 is 12.1 Å². The van der Waals surface area contributed by atoms with E-state index < -0.39 is 18.1 Å². The standard InChI is InChI=1S/C8H13NO5/c1-14-8(13)9-3-5(4-10)2-6(9)7(11)12/h5-6,10H,2-4H2,1H3,(H,11,12)/t5?,6-/m0/s1. The van der Waals surface area contributed by atoms with Crippen LogP contribution in [0.5, 0.6) is 0 Å². The number of hydrogen-bond donors (Lipinski definition) is 2. The first-order valence-electron chi connectivity index (χ1n) is 4.28. The van der Waals surface area contributed by atoms with Crippen molar-refractivity contribution >= 4 is 12.1 Å². The maximum absolute atomic E-state index is 11.1. The third-order valence-corrected chi connectivity index (χ3v) is 2.34. The van der Waals surface area contributed by atoms with Crippen molar-refractivity contribution in [1.82, 2.24) is 4.90 Å². The van der Waals surface area contributed by atoms with Crippen molar-refractivity contribution in [1.29, 1.82) is 0 Å². The Morgan fingerprint density at radius 3 is 2.64 bits per heavy atom. The molecule has 0 radical (unpaired) electrons. The molecule has 1 fully saturated rings. The maximum atomic E-state index is 11.1. The summed E-state index contributed by atoms with van der Waals surface area (Å²) in [5.41, 5.74) is 0. The molecule has 0 bridgehead atoms. The zero-order valence-electron chi connectivity index (χ0n) is 7.84. The van der Waals surface area contributed by atoms with E-state index in [-0.39, 0.29) is 25.5 Å². The molecule has 1 heterocycles. The van der Waals surface area contributed by atoms with Crippen molar-refractivity contribution in [3.05, 3.63) is 0 Å². The Morgan fingerprint density at radius 2 is 2.21 bits per heavy atom. The summed E-state index contributed by atoms with van der Waals surface area (Å²) in [6, 6.07) is -0.875. The number of ether oxygens (including phenoxy) is 1. The van der Waals surface area contributed by atoms with Crippen molar-refractivity contribution in [2.45, 2.75) is 12.5 Å². The molecule has 14 heavy (non-hydrogen) atoms. The molecule has 0 spiro atoms. The second-order valence-electron chi connectivity index (χ2n) is 3.26. The van der Waals surface area contributed by atoms with Crippen LogP contribution in [0.25, 0.3) is 0 Å². The van der Waals surface area contributed by atoms with Gasteiger partial charge in [0.15, 0.2) is 0 Å². The largest absolute Gasteiger partial charge is 0.480 e. The van der Waals surface area contributed by atoms with Gasteiger partial charge in [0, 0.05) is 19.1 Å². The van der Waals surface area contributed by atoms with Gasteiger partial charge in [-0.1, -0.05) is 0 Å². The van der Waals surface area contributed by atoms with Crippen molar-refractivity contribution in [3.8, 4) is 0 Å². The second-order valence-corrected chi connectivity index (χ2v) is 3.26. The minimum atomic E-state index is -1.06. The van der Waals surface area contributed by atoms with Gasteiger partial charge in [0.2, 0.25) is 0 Å². The number of aliphatic hydroxyl groups excluding tert-OH is 1. The summed E-state index contributed by atoms with van der Waals surface area (Å²) in [4.78, 5) is 23.0. The van der Waals surface area contributed by atoms with Gasteiger partial charge in [0.05, 0.1) is 7.11 Å². The topological polar surface area (TPSA) is 87.1 Å². The molecule has 0 aliphatic carbocycles. The monoisotopic (exact) mass is 203 g/mol. The highest BCUT2D eigenvalue weighted by Gasteiger charge is 2.39. The molecule has 0 saturated carbocycles. The highest BCUT2D eigenvalue weighted by molar-refractivity contribution is 5.80. The van der Waals surface area contributed by atoms with Crippen molar-refractivity contribution in [3.63, 3.8) is 0 Å². The molecule has 0 aromatic heterocycles. The molecule has 6 heteroatoms. The lowest BCUT2D eigenvalue weighted by Crippen LogP contribution is -2.40. The van der Waals surface area contributed by atoms with E-state index in [1.165, 1.54) is 7.11 Å². The molecule has 1 rings (SSSR count). The van der Waals surface area contributed by atoms with Gasteiger partial charge in [0.25, 0.3) is 0 Å². The molecule has 2 N–H and O–H groups in total. The van der Waals surface area contributed by atoms with Gasteiger partial charge in [-0.25, -0.2) is 9.59 Å². The van der Waals surface area contributed by atoms with Gasteiger partial charge < -0.3 is 14.9 Å². The highest BCUT2D eigenvalue weighted by Crippen LogP contribution is 2.23. The SMILES string of the molecule is COC(=O)N1CC(CO)C[C@H]1C(=O)O. The first kappa shape index (κ1) is 10.8. The van der Waals surface area contributed by atoms with E-state index >= 15 is 0 Å². The molecule has 1 amide bonds. The molecule has 0 aromatic rings. The molecule has 80 valence electrons. The molecule has 6 nitrogen and oxygen atoms in total. The Balaban J connectivity index is 2.71. The number of aliphatic hydroxyl groups is 1. The normalized spacial score (nSPS) is 26.3. The van der Waals surface area contributed by atoms with Gasteiger partial charge in [-0.2, -0.15) is 0 Å². The quantitative estimate of drug-likeness (QED) is 0.633. The lowest BCUT2D eigenvalue weighted by Gasteiger charge is -2.19. The number of likely N-dealkylation sites (tertiary alicyclic amines) is 1. The smallest absolute Gasteiger partial charge is 0.410 e. The van der Waals surface area contributed by atoms with Crippen LogP contribution in [0.3, 0.4) is 0 Å². The Kier molecular flexibility index (Phi) is 3.29. The fourth-order valence-electron chi connectivity index (χ4n) is 1.61. The minimum Gasteiger partial charge on any atom is -0.480 e. The molecule has 1 aliphatic heterocycles. The summed E-state index contributed by atoms with van der Waals surface area (Å²) in [6.45, 7) is 0.122. The van der Waals surface area contributed by atoms with Crippen LogP contribution in [0, 0.1) is 5.92 Å². The van der Waals surface area contributed by atoms with Crippen LogP contribution in [0.1, 0.15) is 6.42 Å². The lowest BCUT2D eigenvalue weighted by atomic mass is 10.1. The Labute approximate surface area is 81.1 Å². The molecule has 2 atom stereocenters. The maximum Gasteiger partial charge on any atom is 0.410 e. The van der Waals surface area contributed by atoms with Crippen molar-refractivity contribution in [2.24, 2.45) is 5.92 Å². The zero-order chi connectivity index (χ0) is 10.7. The van der Waals surface area contributed by atoms with E-state index in [2.05, 4.69) is 4.74 Å². The number of rotatable bonds is 2. The average molecular weight is 203 g/mol. The lowest BCUT2D eigenvalue weighted by molar-refractivity contribution is -0.141. The molecular formula is C8H13NO5. The van der Waals surface area contributed by atoms with Crippen LogP contribution >= 0.6 is 0 Å². The molecule has 1 unspecified atom stereocenters. The van der Waals surface area contributed by atoms with Gasteiger partial charge in [0.1, 0.15) is 6.04 Å². The first-order valence-corrected chi connectivity index (χ1v) is 4.28. The van der Waals surface area contributed by atoms with Crippen LogP contribution < -0.4 is 0 Å². The third kappa shape index (κ3) is 1.95. The van der Waals surface area contributed by atoms with Crippen molar-refractivity contribution < 1.29 is 24.5 Å². The predicted octanol–water partition coefficient (Wildman–Crippen LogP) is -0.480. The molecule has 1 saturated heterocycles. The molecule has 1 aliphatic rings. The number of hydrogen-bond acceptors (Lipinski definition) is 4. The fourth-order valence-corrected chi connectivity index (χ4v) is 1.61. The van der Waals surface area contributed by atoms with Crippen LogP contribution in [0.2, 0.25) is 0 Å². The Bertz CT molecular complexity index is 242. The summed E-state index contributed by atoms with van der Waals surface area (Å²) < 4.78 is 4.45. The Hall–Kier alpha value is -1.30. The molecule has 0 aromatic carbocycles. The summed E-state index contributed by atoms with van der Waals surface area (Å²) in [7, 11) is 1.20. The summed E-state index contributed by atoms with van der Waals surface area (Å²) in [6.07, 6.45) is -0.380. The van der Waals surface area contributed by atoms with E-state index in [1.54, 1.807) is 0 Å². The summed E-state index contributed by atoms with van der Waals surface area (Å²) >= 11 is 0. The van der Waals surface area contributed by atoms with E-state index in [9.17, 15) is 9.59 Å². The zero-order valence-corrected chi connectivity index (χ0v) is 7.84. The number of carboxylic acids is 1. The number of amides is 1. The van der Waals surface area contributed by atoms with E-state index in [1.807, 2.05) is 0 Å². The number of nitrogens with zero attached hydrogens (tertiary/aromatic N) is 1. The van der Waals surface area contributed by atoms with E-state index in [0.717, 1.165) is 4.90 Å². The summed E-state index contributed by atoms with van der Waals surface area (Å²) in [5.74, 6) is -1.23. The van der Waals surface area contributed by atoms with Crippen LogP contribution in [-0.4, -0.2) is 53.5 Å². The van der Waals surface area contributed by atoms with Crippen LogP contribution in [0.4, 0.5) is 4.79 Å². The minimum absolute atomic E-state index is 0.114. The fraction of sp³-hybridized carbons (Fsp3) is 0.750. The number of carbonyl (C=O) groups is 2. The van der Waals surface area contributed by atoms with Crippen molar-refractivity contribution in [2.75, 3.05) is 20.3 Å². The number of methoxy groups -OCH3 is 1. The van der Waals surface area contributed by atoms with E-state index in [0.29, 0.717) is 0 Å². The third-order valence-electron chi connectivity index (χ3n) is 2.34. The number of carbonyl (C=O) groups excluding carboxylic acids is 1. The van der Waals surface area contributed by atoms with Crippen LogP contribution in [-0.2, 0) is 9.53 Å².